The number of hydrogen-bond acceptors (Lipinski definition) is 3. The van der Waals surface area contributed by atoms with E-state index >= 15 is 0 Å². The third-order valence-electron chi connectivity index (χ3n) is 3.80. The molecule has 5 nitrogen and oxygen atoms in total. The molecule has 3 rings (SSSR count). The van der Waals surface area contributed by atoms with Crippen LogP contribution >= 0.6 is 0 Å². The summed E-state index contributed by atoms with van der Waals surface area (Å²) in [5.74, 6) is -1.00. The van der Waals surface area contributed by atoms with Gasteiger partial charge >= 0.3 is 0 Å². The van der Waals surface area contributed by atoms with E-state index in [2.05, 4.69) is 5.10 Å². The summed E-state index contributed by atoms with van der Waals surface area (Å²) in [5, 5.41) is 4.29. The van der Waals surface area contributed by atoms with Crippen LogP contribution in [0.3, 0.4) is 0 Å². The third-order valence-corrected chi connectivity index (χ3v) is 3.80. The lowest BCUT2D eigenvalue weighted by Gasteiger charge is -2.07. The van der Waals surface area contributed by atoms with E-state index < -0.39 is 11.7 Å². The fourth-order valence-corrected chi connectivity index (χ4v) is 2.57. The van der Waals surface area contributed by atoms with Crippen molar-refractivity contribution in [3.63, 3.8) is 0 Å². The number of nitrogens with two attached hydrogens (primary N) is 1. The van der Waals surface area contributed by atoms with Gasteiger partial charge in [0.2, 0.25) is 5.91 Å². The number of benzene rings is 2. The number of rotatable bonds is 5. The first-order chi connectivity index (χ1) is 11.9. The number of aromatic nitrogens is 2. The van der Waals surface area contributed by atoms with Gasteiger partial charge < -0.3 is 5.73 Å². The number of halogens is 1. The van der Waals surface area contributed by atoms with Gasteiger partial charge in [-0.1, -0.05) is 18.2 Å². The van der Waals surface area contributed by atoms with E-state index in [0.29, 0.717) is 22.4 Å². The molecule has 3 aromatic rings. The number of nitrogens with zero attached hydrogens (tertiary/aromatic N) is 2. The van der Waals surface area contributed by atoms with E-state index in [1.165, 1.54) is 23.7 Å². The van der Waals surface area contributed by atoms with Crippen LogP contribution in [0.25, 0.3) is 22.4 Å². The number of Topliss-reactive ketones (excluding diaryl/α,β-unsaturated/α-hetero) is 1. The maximum absolute atomic E-state index is 14.2. The molecule has 2 aromatic carbocycles. The minimum atomic E-state index is -0.480. The topological polar surface area (TPSA) is 78.0 Å². The predicted octanol–water partition coefficient (Wildman–Crippen LogP) is 3.04. The monoisotopic (exact) mass is 337 g/mol. The molecule has 0 saturated heterocycles. The van der Waals surface area contributed by atoms with Crippen molar-refractivity contribution < 1.29 is 14.0 Å². The maximum atomic E-state index is 14.2. The molecule has 1 heterocycles. The van der Waals surface area contributed by atoms with Crippen LogP contribution in [0.15, 0.2) is 54.7 Å². The minimum absolute atomic E-state index is 0.00498. The van der Waals surface area contributed by atoms with E-state index in [0.717, 1.165) is 5.56 Å². The van der Waals surface area contributed by atoms with Gasteiger partial charge in [-0.05, 0) is 42.8 Å². The molecule has 1 amide bonds. The summed E-state index contributed by atoms with van der Waals surface area (Å²) in [6.45, 7) is 1.44. The van der Waals surface area contributed by atoms with E-state index in [1.807, 2.05) is 6.07 Å². The van der Waals surface area contributed by atoms with Crippen LogP contribution in [0.4, 0.5) is 4.39 Å². The molecular weight excluding hydrogens is 321 g/mol. The van der Waals surface area contributed by atoms with Crippen LogP contribution in [0, 0.1) is 5.82 Å². The molecule has 25 heavy (non-hydrogen) atoms. The number of primary amides is 1. The van der Waals surface area contributed by atoms with Crippen molar-refractivity contribution in [2.75, 3.05) is 0 Å². The molecule has 126 valence electrons. The largest absolute Gasteiger partial charge is 0.368 e. The average molecular weight is 337 g/mol. The van der Waals surface area contributed by atoms with Gasteiger partial charge in [-0.3, -0.25) is 14.3 Å². The maximum Gasteiger partial charge on any atom is 0.239 e. The second-order valence-corrected chi connectivity index (χ2v) is 5.70. The Hall–Kier alpha value is -3.28. The Bertz CT molecular complexity index is 963. The van der Waals surface area contributed by atoms with Crippen LogP contribution < -0.4 is 5.73 Å². The van der Waals surface area contributed by atoms with E-state index in [1.54, 1.807) is 36.5 Å². The van der Waals surface area contributed by atoms with Crippen LogP contribution in [0.2, 0.25) is 0 Å². The van der Waals surface area contributed by atoms with E-state index in [-0.39, 0.29) is 12.3 Å². The van der Waals surface area contributed by atoms with Gasteiger partial charge in [-0.15, -0.1) is 0 Å². The van der Waals surface area contributed by atoms with Crippen molar-refractivity contribution >= 4 is 11.7 Å². The molecule has 0 bridgehead atoms. The Morgan fingerprint density at radius 1 is 1.12 bits per heavy atom. The molecule has 0 aliphatic carbocycles. The zero-order valence-corrected chi connectivity index (χ0v) is 13.6. The highest BCUT2D eigenvalue weighted by Gasteiger charge is 2.11. The Kier molecular flexibility index (Phi) is 4.43. The second-order valence-electron chi connectivity index (χ2n) is 5.70. The fourth-order valence-electron chi connectivity index (χ4n) is 2.57. The summed E-state index contributed by atoms with van der Waals surface area (Å²) < 4.78 is 15.7. The van der Waals surface area contributed by atoms with Gasteiger partial charge in [0.15, 0.2) is 5.78 Å². The summed E-state index contributed by atoms with van der Waals surface area (Å²) in [5.41, 5.74) is 8.02. The molecule has 1 aromatic heterocycles. The van der Waals surface area contributed by atoms with Crippen molar-refractivity contribution in [3.05, 3.63) is 66.1 Å². The summed E-state index contributed by atoms with van der Waals surface area (Å²) in [7, 11) is 0. The molecule has 0 radical (unpaired) electrons. The third kappa shape index (κ3) is 3.63. The minimum Gasteiger partial charge on any atom is -0.368 e. The van der Waals surface area contributed by atoms with E-state index in [4.69, 9.17) is 5.73 Å². The van der Waals surface area contributed by atoms with Crippen LogP contribution in [0.5, 0.6) is 0 Å². The normalized spacial score (nSPS) is 10.6. The molecule has 0 saturated carbocycles. The zero-order valence-electron chi connectivity index (χ0n) is 13.6. The van der Waals surface area contributed by atoms with Gasteiger partial charge in [0.1, 0.15) is 12.4 Å². The van der Waals surface area contributed by atoms with Crippen molar-refractivity contribution in [2.24, 2.45) is 5.73 Å². The van der Waals surface area contributed by atoms with Crippen molar-refractivity contribution in [1.82, 2.24) is 9.78 Å². The Morgan fingerprint density at radius 2 is 1.88 bits per heavy atom. The van der Waals surface area contributed by atoms with Gasteiger partial charge in [0, 0.05) is 22.9 Å². The predicted molar refractivity (Wildman–Crippen MR) is 92.3 cm³/mol. The van der Waals surface area contributed by atoms with E-state index in [9.17, 15) is 14.0 Å². The second kappa shape index (κ2) is 6.68. The first kappa shape index (κ1) is 16.6. The molecule has 2 N–H and O–H groups in total. The molecule has 0 unspecified atom stereocenters. The molecule has 0 fully saturated rings. The molecule has 0 spiro atoms. The molecular formula is C19H16FN3O2. The number of carbonyl (C=O) groups excluding carboxylic acids is 2. The van der Waals surface area contributed by atoms with Crippen LogP contribution in [-0.2, 0) is 11.3 Å². The molecule has 0 aliphatic rings. The Balaban J connectivity index is 2.00. The first-order valence-electron chi connectivity index (χ1n) is 7.67. The van der Waals surface area contributed by atoms with Gasteiger partial charge in [-0.25, -0.2) is 4.39 Å². The number of amides is 1. The average Bonchev–Trinajstić information content (AvgIpc) is 3.03. The van der Waals surface area contributed by atoms with Crippen molar-refractivity contribution in [3.8, 4) is 22.4 Å². The Labute approximate surface area is 143 Å². The molecule has 0 atom stereocenters. The summed E-state index contributed by atoms with van der Waals surface area (Å²) in [6.07, 6.45) is 1.66. The number of ketones is 1. The van der Waals surface area contributed by atoms with Gasteiger partial charge in [0.05, 0.1) is 5.69 Å². The summed E-state index contributed by atoms with van der Waals surface area (Å²) >= 11 is 0. The number of carbonyl (C=O) groups is 2. The fraction of sp³-hybridized carbons (Fsp3) is 0.105. The highest BCUT2D eigenvalue weighted by molar-refractivity contribution is 5.95. The first-order valence-corrected chi connectivity index (χ1v) is 7.67. The highest BCUT2D eigenvalue weighted by Crippen LogP contribution is 2.28. The van der Waals surface area contributed by atoms with Crippen molar-refractivity contribution in [2.45, 2.75) is 13.5 Å². The lowest BCUT2D eigenvalue weighted by Crippen LogP contribution is -2.18. The zero-order chi connectivity index (χ0) is 18.0. The van der Waals surface area contributed by atoms with Crippen LogP contribution in [-0.4, -0.2) is 21.5 Å². The lowest BCUT2D eigenvalue weighted by atomic mass is 9.98. The Morgan fingerprint density at radius 3 is 2.60 bits per heavy atom. The smallest absolute Gasteiger partial charge is 0.239 e. The van der Waals surface area contributed by atoms with Crippen molar-refractivity contribution in [1.29, 1.82) is 0 Å². The standard InChI is InChI=1S/C19H16FN3O2/c1-12(24)13-5-6-17(20)16(10-13)14-3-2-4-15(9-14)18-7-8-23(22-18)11-19(21)25/h2-10H,11H2,1H3,(H2,21,25). The number of hydrogen-bond donors (Lipinski definition) is 1. The molecule has 0 aliphatic heterocycles. The molecule has 6 heteroatoms. The SMILES string of the molecule is CC(=O)c1ccc(F)c(-c2cccc(-c3ccn(CC(N)=O)n3)c2)c1. The van der Waals surface area contributed by atoms with Gasteiger partial charge in [-0.2, -0.15) is 5.10 Å². The quantitative estimate of drug-likeness (QED) is 0.727. The lowest BCUT2D eigenvalue weighted by molar-refractivity contribution is -0.118. The van der Waals surface area contributed by atoms with Crippen LogP contribution in [0.1, 0.15) is 17.3 Å². The summed E-state index contributed by atoms with van der Waals surface area (Å²) in [4.78, 5) is 22.5. The highest BCUT2D eigenvalue weighted by atomic mass is 19.1. The van der Waals surface area contributed by atoms with Gasteiger partial charge in [0.25, 0.3) is 0 Å². The summed E-state index contributed by atoms with van der Waals surface area (Å²) in [6, 6.07) is 13.3.